The Morgan fingerprint density at radius 2 is 1.63 bits per heavy atom. The van der Waals surface area contributed by atoms with Gasteiger partial charge in [0.1, 0.15) is 10.7 Å². The molecule has 0 saturated carbocycles. The normalized spacial score (nSPS) is 14.9. The van der Waals surface area contributed by atoms with Crippen molar-refractivity contribution in [1.82, 2.24) is 4.90 Å². The van der Waals surface area contributed by atoms with Crippen molar-refractivity contribution >= 4 is 40.7 Å². The topological polar surface area (TPSA) is 49.4 Å². The molecule has 3 rings (SSSR count). The first-order valence-electron chi connectivity index (χ1n) is 7.61. The van der Waals surface area contributed by atoms with Crippen molar-refractivity contribution in [3.8, 4) is 0 Å². The van der Waals surface area contributed by atoms with Gasteiger partial charge in [-0.1, -0.05) is 41.4 Å². The largest absolute Gasteiger partial charge is 0.416 e. The van der Waals surface area contributed by atoms with E-state index in [0.717, 1.165) is 17.0 Å². The van der Waals surface area contributed by atoms with Crippen molar-refractivity contribution in [1.29, 1.82) is 0 Å². The van der Waals surface area contributed by atoms with Gasteiger partial charge in [0.15, 0.2) is 0 Å². The van der Waals surface area contributed by atoms with Crippen LogP contribution in [0.5, 0.6) is 0 Å². The van der Waals surface area contributed by atoms with Crippen LogP contribution in [-0.2, 0) is 22.3 Å². The Kier molecular flexibility index (Phi) is 5.17. The fraction of sp³-hybridized carbons (Fsp3) is 0.111. The molecule has 2 aromatic rings. The Morgan fingerprint density at radius 1 is 0.963 bits per heavy atom. The van der Waals surface area contributed by atoms with E-state index in [1.54, 1.807) is 24.3 Å². The number of rotatable bonds is 4. The average Bonchev–Trinajstić information content (AvgIpc) is 2.81. The fourth-order valence-electron chi connectivity index (χ4n) is 2.49. The number of amides is 2. The molecule has 0 aliphatic carbocycles. The molecule has 140 valence electrons. The van der Waals surface area contributed by atoms with Crippen LogP contribution in [0.25, 0.3) is 0 Å². The molecule has 0 radical (unpaired) electrons. The number of hydrogen-bond acceptors (Lipinski definition) is 3. The predicted octanol–water partition coefficient (Wildman–Crippen LogP) is 4.79. The molecule has 0 bridgehead atoms. The van der Waals surface area contributed by atoms with Gasteiger partial charge in [-0.15, -0.1) is 0 Å². The van der Waals surface area contributed by atoms with Gasteiger partial charge in [-0.2, -0.15) is 13.2 Å². The lowest BCUT2D eigenvalue weighted by atomic mass is 10.2. The van der Waals surface area contributed by atoms with E-state index in [-0.39, 0.29) is 23.0 Å². The number of nitrogens with one attached hydrogen (secondary N) is 1. The lowest BCUT2D eigenvalue weighted by Crippen LogP contribution is -2.31. The third kappa shape index (κ3) is 4.09. The second kappa shape index (κ2) is 7.25. The molecule has 27 heavy (non-hydrogen) atoms. The summed E-state index contributed by atoms with van der Waals surface area (Å²) >= 11 is 11.8. The van der Waals surface area contributed by atoms with Crippen molar-refractivity contribution < 1.29 is 22.8 Å². The molecule has 4 nitrogen and oxygen atoms in total. The second-order valence-corrected chi connectivity index (χ2v) is 6.53. The monoisotopic (exact) mass is 414 g/mol. The minimum absolute atomic E-state index is 0.00697. The summed E-state index contributed by atoms with van der Waals surface area (Å²) in [4.78, 5) is 25.7. The van der Waals surface area contributed by atoms with Crippen LogP contribution in [0.2, 0.25) is 5.02 Å². The van der Waals surface area contributed by atoms with E-state index in [4.69, 9.17) is 23.2 Å². The summed E-state index contributed by atoms with van der Waals surface area (Å²) in [5.41, 5.74) is -0.521. The molecule has 0 unspecified atom stereocenters. The van der Waals surface area contributed by atoms with Crippen molar-refractivity contribution in [3.63, 3.8) is 0 Å². The highest BCUT2D eigenvalue weighted by molar-refractivity contribution is 6.48. The molecular formula is C18H11Cl2F3N2O2. The minimum Gasteiger partial charge on any atom is -0.350 e. The van der Waals surface area contributed by atoms with E-state index in [1.807, 2.05) is 0 Å². The quantitative estimate of drug-likeness (QED) is 0.731. The maximum atomic E-state index is 12.8. The number of carbonyl (C=O) groups is 2. The van der Waals surface area contributed by atoms with E-state index in [1.165, 1.54) is 12.1 Å². The Morgan fingerprint density at radius 3 is 2.26 bits per heavy atom. The number of anilines is 1. The number of imide groups is 1. The Labute approximate surface area is 162 Å². The van der Waals surface area contributed by atoms with Crippen LogP contribution in [0, 0.1) is 0 Å². The molecule has 9 heteroatoms. The number of halogens is 5. The van der Waals surface area contributed by atoms with Gasteiger partial charge in [-0.3, -0.25) is 14.5 Å². The van der Waals surface area contributed by atoms with Gasteiger partial charge in [0, 0.05) is 10.7 Å². The zero-order chi connectivity index (χ0) is 19.8. The molecule has 2 amide bonds. The summed E-state index contributed by atoms with van der Waals surface area (Å²) in [5.74, 6) is -1.46. The second-order valence-electron chi connectivity index (χ2n) is 5.72. The van der Waals surface area contributed by atoms with Gasteiger partial charge in [-0.25, -0.2) is 0 Å². The van der Waals surface area contributed by atoms with Crippen molar-refractivity contribution in [2.45, 2.75) is 12.7 Å². The summed E-state index contributed by atoms with van der Waals surface area (Å²) in [6.45, 7) is -0.0428. The molecule has 0 aromatic heterocycles. The van der Waals surface area contributed by atoms with Gasteiger partial charge >= 0.3 is 6.18 Å². The van der Waals surface area contributed by atoms with Gasteiger partial charge in [0.2, 0.25) is 0 Å². The first kappa shape index (κ1) is 19.3. The Bertz CT molecular complexity index is 940. The fourth-order valence-corrected chi connectivity index (χ4v) is 2.84. The first-order chi connectivity index (χ1) is 12.7. The van der Waals surface area contributed by atoms with Gasteiger partial charge < -0.3 is 5.32 Å². The average molecular weight is 415 g/mol. The van der Waals surface area contributed by atoms with Crippen LogP contribution in [0.15, 0.2) is 59.3 Å². The summed E-state index contributed by atoms with van der Waals surface area (Å²) in [6, 6.07) is 10.8. The molecule has 1 heterocycles. The van der Waals surface area contributed by atoms with Crippen LogP contribution < -0.4 is 5.32 Å². The van der Waals surface area contributed by atoms with Crippen LogP contribution >= 0.6 is 23.2 Å². The highest BCUT2D eigenvalue weighted by Crippen LogP contribution is 2.32. The summed E-state index contributed by atoms with van der Waals surface area (Å²) in [6.07, 6.45) is -4.54. The molecule has 1 aliphatic rings. The van der Waals surface area contributed by atoms with Gasteiger partial charge in [0.05, 0.1) is 12.1 Å². The van der Waals surface area contributed by atoms with Gasteiger partial charge in [0.25, 0.3) is 11.8 Å². The highest BCUT2D eigenvalue weighted by Gasteiger charge is 2.38. The van der Waals surface area contributed by atoms with Crippen molar-refractivity contribution in [2.75, 3.05) is 5.32 Å². The molecule has 0 fully saturated rings. The molecule has 1 aliphatic heterocycles. The van der Waals surface area contributed by atoms with Crippen LogP contribution in [0.3, 0.4) is 0 Å². The smallest absolute Gasteiger partial charge is 0.350 e. The van der Waals surface area contributed by atoms with E-state index >= 15 is 0 Å². The lowest BCUT2D eigenvalue weighted by Gasteiger charge is -2.15. The van der Waals surface area contributed by atoms with Crippen LogP contribution in [0.4, 0.5) is 18.9 Å². The Hall–Kier alpha value is -2.51. The maximum Gasteiger partial charge on any atom is 0.416 e. The zero-order valence-corrected chi connectivity index (χ0v) is 15.0. The standard InChI is InChI=1S/C18H11Cl2F3N2O2/c19-12-6-4-10(5-7-12)9-25-16(26)14(20)15(17(25)27)24-13-3-1-2-11(8-13)18(21,22)23/h1-8,24H,9H2. The lowest BCUT2D eigenvalue weighted by molar-refractivity contribution is -0.138. The summed E-state index contributed by atoms with van der Waals surface area (Å²) < 4.78 is 38.5. The van der Waals surface area contributed by atoms with Crippen molar-refractivity contribution in [2.24, 2.45) is 0 Å². The molecule has 2 aromatic carbocycles. The number of benzene rings is 2. The number of alkyl halides is 3. The van der Waals surface area contributed by atoms with E-state index < -0.39 is 23.6 Å². The molecule has 1 N–H and O–H groups in total. The number of carbonyl (C=O) groups excluding carboxylic acids is 2. The van der Waals surface area contributed by atoms with E-state index in [2.05, 4.69) is 5.32 Å². The summed E-state index contributed by atoms with van der Waals surface area (Å²) in [5, 5.41) is 2.64. The molecule has 0 spiro atoms. The van der Waals surface area contributed by atoms with E-state index in [0.29, 0.717) is 10.6 Å². The number of hydrogen-bond donors (Lipinski definition) is 1. The first-order valence-corrected chi connectivity index (χ1v) is 8.37. The summed E-state index contributed by atoms with van der Waals surface area (Å²) in [7, 11) is 0. The van der Waals surface area contributed by atoms with E-state index in [9.17, 15) is 22.8 Å². The number of nitrogens with zero attached hydrogens (tertiary/aromatic N) is 1. The third-order valence-corrected chi connectivity index (χ3v) is 4.43. The molecule has 0 atom stereocenters. The van der Waals surface area contributed by atoms with Gasteiger partial charge in [-0.05, 0) is 35.9 Å². The molecular weight excluding hydrogens is 404 g/mol. The van der Waals surface area contributed by atoms with Crippen LogP contribution in [-0.4, -0.2) is 16.7 Å². The van der Waals surface area contributed by atoms with Crippen LogP contribution in [0.1, 0.15) is 11.1 Å². The Balaban J connectivity index is 1.81. The molecule has 0 saturated heterocycles. The highest BCUT2D eigenvalue weighted by atomic mass is 35.5. The maximum absolute atomic E-state index is 12.8. The predicted molar refractivity (Wildman–Crippen MR) is 95.0 cm³/mol. The minimum atomic E-state index is -4.54. The van der Waals surface area contributed by atoms with Crippen molar-refractivity contribution in [3.05, 3.63) is 75.4 Å². The third-order valence-electron chi connectivity index (χ3n) is 3.82. The SMILES string of the molecule is O=C1C(Cl)=C(Nc2cccc(C(F)(F)F)c2)C(=O)N1Cc1ccc(Cl)cc1. The zero-order valence-electron chi connectivity index (χ0n) is 13.5.